The van der Waals surface area contributed by atoms with Crippen molar-refractivity contribution >= 4 is 6.03 Å². The summed E-state index contributed by atoms with van der Waals surface area (Å²) in [5.74, 6) is -0.255. The number of rotatable bonds is 3. The molecule has 1 N–H and O–H groups in total. The van der Waals surface area contributed by atoms with Crippen molar-refractivity contribution < 1.29 is 9.18 Å². The monoisotopic (exact) mass is 334 g/mol. The predicted octanol–water partition coefficient (Wildman–Crippen LogP) is 1.75. The van der Waals surface area contributed by atoms with Gasteiger partial charge in [-0.2, -0.15) is 0 Å². The number of carbonyl (C=O) groups is 1. The summed E-state index contributed by atoms with van der Waals surface area (Å²) in [6.07, 6.45) is 2.53. The number of amides is 2. The van der Waals surface area contributed by atoms with Crippen LogP contribution in [0.1, 0.15) is 18.4 Å². The highest BCUT2D eigenvalue weighted by molar-refractivity contribution is 5.74. The molecule has 1 atom stereocenters. The number of nitrogens with one attached hydrogen (secondary N) is 1. The Hall–Kier alpha value is -1.66. The third-order valence-electron chi connectivity index (χ3n) is 5.07. The van der Waals surface area contributed by atoms with Gasteiger partial charge in [-0.3, -0.25) is 4.90 Å². The van der Waals surface area contributed by atoms with Crippen molar-refractivity contribution in [1.82, 2.24) is 20.0 Å². The van der Waals surface area contributed by atoms with Crippen molar-refractivity contribution in [3.8, 4) is 0 Å². The second-order valence-electron chi connectivity index (χ2n) is 6.87. The zero-order valence-corrected chi connectivity index (χ0v) is 14.4. The lowest BCUT2D eigenvalue weighted by Gasteiger charge is -2.42. The van der Waals surface area contributed by atoms with Crippen LogP contribution in [0.5, 0.6) is 0 Å². The molecule has 2 saturated heterocycles. The second kappa shape index (κ2) is 7.94. The van der Waals surface area contributed by atoms with E-state index in [2.05, 4.69) is 22.2 Å². The Bertz CT molecular complexity index is 542. The lowest BCUT2D eigenvalue weighted by molar-refractivity contribution is 0.0693. The number of halogens is 1. The summed E-state index contributed by atoms with van der Waals surface area (Å²) < 4.78 is 12.9. The molecule has 2 heterocycles. The number of nitrogens with zero attached hydrogens (tertiary/aromatic N) is 3. The molecule has 2 aliphatic rings. The average Bonchev–Trinajstić information content (AvgIpc) is 2.61. The molecule has 0 radical (unpaired) electrons. The van der Waals surface area contributed by atoms with Gasteiger partial charge in [0.2, 0.25) is 0 Å². The van der Waals surface area contributed by atoms with Crippen LogP contribution in [0.15, 0.2) is 24.3 Å². The summed E-state index contributed by atoms with van der Waals surface area (Å²) in [7, 11) is 2.19. The number of likely N-dealkylation sites (N-methyl/N-ethyl adjacent to an activating group) is 1. The summed E-state index contributed by atoms with van der Waals surface area (Å²) in [6, 6.07) is 6.84. The number of hydrogen-bond donors (Lipinski definition) is 1. The van der Waals surface area contributed by atoms with Gasteiger partial charge in [0.05, 0.1) is 0 Å². The first-order valence-electron chi connectivity index (χ1n) is 8.81. The van der Waals surface area contributed by atoms with Crippen molar-refractivity contribution in [3.63, 3.8) is 0 Å². The summed E-state index contributed by atoms with van der Waals surface area (Å²) in [4.78, 5) is 19.1. The molecule has 132 valence electrons. The smallest absolute Gasteiger partial charge is 0.317 e. The van der Waals surface area contributed by atoms with Gasteiger partial charge in [-0.05, 0) is 44.1 Å². The second-order valence-corrected chi connectivity index (χ2v) is 6.87. The van der Waals surface area contributed by atoms with Gasteiger partial charge < -0.3 is 15.1 Å². The van der Waals surface area contributed by atoms with Crippen LogP contribution in [0.2, 0.25) is 0 Å². The maximum absolute atomic E-state index is 12.9. The van der Waals surface area contributed by atoms with Crippen molar-refractivity contribution in [3.05, 3.63) is 35.6 Å². The van der Waals surface area contributed by atoms with Crippen LogP contribution in [0.4, 0.5) is 9.18 Å². The van der Waals surface area contributed by atoms with E-state index in [0.29, 0.717) is 12.6 Å². The molecular formula is C18H27FN4O. The number of urea groups is 1. The molecule has 0 saturated carbocycles. The Balaban J connectivity index is 1.42. The number of benzene rings is 1. The minimum absolute atomic E-state index is 0.0280. The summed E-state index contributed by atoms with van der Waals surface area (Å²) in [5, 5.41) is 2.93. The molecular weight excluding hydrogens is 307 g/mol. The number of piperazine rings is 1. The third kappa shape index (κ3) is 4.45. The van der Waals surface area contributed by atoms with Crippen molar-refractivity contribution in [2.24, 2.45) is 0 Å². The predicted molar refractivity (Wildman–Crippen MR) is 92.3 cm³/mol. The van der Waals surface area contributed by atoms with Crippen LogP contribution < -0.4 is 5.32 Å². The van der Waals surface area contributed by atoms with Crippen molar-refractivity contribution in [2.75, 3.05) is 46.3 Å². The molecule has 0 bridgehead atoms. The summed E-state index contributed by atoms with van der Waals surface area (Å²) in [5.41, 5.74) is 0.911. The fourth-order valence-corrected chi connectivity index (χ4v) is 3.62. The van der Waals surface area contributed by atoms with E-state index in [1.54, 1.807) is 12.1 Å². The Morgan fingerprint density at radius 1 is 1.17 bits per heavy atom. The van der Waals surface area contributed by atoms with Crippen molar-refractivity contribution in [2.45, 2.75) is 25.4 Å². The highest BCUT2D eigenvalue weighted by Crippen LogP contribution is 2.16. The number of piperidine rings is 1. The van der Waals surface area contributed by atoms with E-state index in [9.17, 15) is 9.18 Å². The maximum atomic E-state index is 12.9. The van der Waals surface area contributed by atoms with Gasteiger partial charge in [-0.25, -0.2) is 9.18 Å². The van der Waals surface area contributed by atoms with Gasteiger partial charge in [-0.1, -0.05) is 12.1 Å². The molecule has 2 fully saturated rings. The first kappa shape index (κ1) is 17.2. The van der Waals surface area contributed by atoms with E-state index in [1.807, 2.05) is 4.90 Å². The number of likely N-dealkylation sites (tertiary alicyclic amines) is 1. The lowest BCUT2D eigenvalue weighted by Crippen LogP contribution is -2.56. The number of carbonyl (C=O) groups excluding carboxylic acids is 1. The first-order valence-corrected chi connectivity index (χ1v) is 8.81. The zero-order chi connectivity index (χ0) is 16.9. The van der Waals surface area contributed by atoms with Crippen LogP contribution in [-0.2, 0) is 6.54 Å². The van der Waals surface area contributed by atoms with E-state index < -0.39 is 0 Å². The van der Waals surface area contributed by atoms with Gasteiger partial charge in [0.15, 0.2) is 0 Å². The fourth-order valence-electron chi connectivity index (χ4n) is 3.62. The van der Waals surface area contributed by atoms with Crippen LogP contribution in [0, 0.1) is 5.82 Å². The van der Waals surface area contributed by atoms with Crippen LogP contribution in [-0.4, -0.2) is 73.1 Å². The summed E-state index contributed by atoms with van der Waals surface area (Å²) >= 11 is 0. The van der Waals surface area contributed by atoms with E-state index in [4.69, 9.17) is 0 Å². The average molecular weight is 334 g/mol. The Kier molecular flexibility index (Phi) is 5.68. The largest absolute Gasteiger partial charge is 0.334 e. The molecule has 0 aromatic heterocycles. The molecule has 5 nitrogen and oxygen atoms in total. The van der Waals surface area contributed by atoms with Crippen LogP contribution in [0.3, 0.4) is 0 Å². The minimum Gasteiger partial charge on any atom is -0.334 e. The Morgan fingerprint density at radius 3 is 2.54 bits per heavy atom. The number of hydrogen-bond acceptors (Lipinski definition) is 3. The van der Waals surface area contributed by atoms with E-state index in [-0.39, 0.29) is 11.8 Å². The maximum Gasteiger partial charge on any atom is 0.317 e. The molecule has 2 aliphatic heterocycles. The molecule has 6 heteroatoms. The molecule has 24 heavy (non-hydrogen) atoms. The van der Waals surface area contributed by atoms with Gasteiger partial charge in [-0.15, -0.1) is 0 Å². The van der Waals surface area contributed by atoms with Gasteiger partial charge in [0.25, 0.3) is 0 Å². The highest BCUT2D eigenvalue weighted by Gasteiger charge is 2.28. The molecule has 2 amide bonds. The van der Waals surface area contributed by atoms with Crippen LogP contribution in [0.25, 0.3) is 0 Å². The third-order valence-corrected chi connectivity index (χ3v) is 5.07. The molecule has 1 aromatic carbocycles. The Morgan fingerprint density at radius 2 is 1.88 bits per heavy atom. The topological polar surface area (TPSA) is 38.8 Å². The highest BCUT2D eigenvalue weighted by atomic mass is 19.1. The molecule has 3 rings (SSSR count). The van der Waals surface area contributed by atoms with Crippen molar-refractivity contribution in [1.29, 1.82) is 0 Å². The standard InChI is InChI=1S/C18H27FN4O/c1-21-8-2-3-17(14-21)22-9-11-23(12-10-22)18(24)20-13-15-4-6-16(19)7-5-15/h4-7,17H,2-3,8-14H2,1H3,(H,20,24). The zero-order valence-electron chi connectivity index (χ0n) is 14.4. The fraction of sp³-hybridized carbons (Fsp3) is 0.611. The molecule has 0 aliphatic carbocycles. The van der Waals surface area contributed by atoms with Gasteiger partial charge >= 0.3 is 6.03 Å². The lowest BCUT2D eigenvalue weighted by atomic mass is 10.0. The van der Waals surface area contributed by atoms with E-state index in [1.165, 1.54) is 31.5 Å². The normalized spacial score (nSPS) is 23.2. The minimum atomic E-state index is -0.255. The SMILES string of the molecule is CN1CCCC(N2CCN(C(=O)NCc3ccc(F)cc3)CC2)C1. The quantitative estimate of drug-likeness (QED) is 0.915. The summed E-state index contributed by atoms with van der Waals surface area (Å²) in [6.45, 7) is 6.21. The molecule has 1 aromatic rings. The van der Waals surface area contributed by atoms with E-state index in [0.717, 1.165) is 38.3 Å². The molecule has 1 unspecified atom stereocenters. The van der Waals surface area contributed by atoms with E-state index >= 15 is 0 Å². The first-order chi connectivity index (χ1) is 11.6. The van der Waals surface area contributed by atoms with Gasteiger partial charge in [0, 0.05) is 45.3 Å². The van der Waals surface area contributed by atoms with Crippen LogP contribution >= 0.6 is 0 Å². The molecule has 0 spiro atoms. The Labute approximate surface area is 143 Å². The van der Waals surface area contributed by atoms with Gasteiger partial charge in [0.1, 0.15) is 5.82 Å².